The van der Waals surface area contributed by atoms with E-state index in [9.17, 15) is 5.11 Å². The first-order chi connectivity index (χ1) is 8.75. The number of benzene rings is 1. The quantitative estimate of drug-likeness (QED) is 0.705. The summed E-state index contributed by atoms with van der Waals surface area (Å²) in [7, 11) is 0. The molecule has 0 fully saturated rings. The summed E-state index contributed by atoms with van der Waals surface area (Å²) >= 11 is 0. The molecule has 0 atom stereocenters. The van der Waals surface area contributed by atoms with Gasteiger partial charge in [0, 0.05) is 17.8 Å². The highest BCUT2D eigenvalue weighted by atomic mass is 16.3. The van der Waals surface area contributed by atoms with Crippen molar-refractivity contribution in [2.75, 3.05) is 0 Å². The van der Waals surface area contributed by atoms with E-state index in [1.807, 2.05) is 31.2 Å². The van der Waals surface area contributed by atoms with Gasteiger partial charge in [-0.05, 0) is 53.9 Å². The number of aromatic nitrogens is 2. The third kappa shape index (κ3) is 1.70. The van der Waals surface area contributed by atoms with Gasteiger partial charge in [0.1, 0.15) is 5.75 Å². The Hall–Kier alpha value is -2.42. The van der Waals surface area contributed by atoms with Crippen molar-refractivity contribution in [1.82, 2.24) is 9.97 Å². The number of aryl methyl sites for hydroxylation is 1. The van der Waals surface area contributed by atoms with Gasteiger partial charge in [0.2, 0.25) is 0 Å². The molecule has 0 saturated heterocycles. The van der Waals surface area contributed by atoms with Gasteiger partial charge in [-0.1, -0.05) is 6.07 Å². The first-order valence-electron chi connectivity index (χ1n) is 5.75. The van der Waals surface area contributed by atoms with E-state index < -0.39 is 0 Å². The lowest BCUT2D eigenvalue weighted by molar-refractivity contribution is 0.475. The van der Waals surface area contributed by atoms with Gasteiger partial charge < -0.3 is 5.11 Å². The molecule has 0 aliphatic carbocycles. The summed E-state index contributed by atoms with van der Waals surface area (Å²) in [6, 6.07) is 11.3. The topological polar surface area (TPSA) is 46.0 Å². The Morgan fingerprint density at radius 1 is 0.944 bits per heavy atom. The van der Waals surface area contributed by atoms with Gasteiger partial charge in [-0.15, -0.1) is 0 Å². The third-order valence-corrected chi connectivity index (χ3v) is 3.02. The highest BCUT2D eigenvalue weighted by Crippen LogP contribution is 2.30. The van der Waals surface area contributed by atoms with Crippen LogP contribution in [0.25, 0.3) is 22.2 Å². The van der Waals surface area contributed by atoms with E-state index >= 15 is 0 Å². The SMILES string of the molecule is Cc1cc(O)ccc1-c1ccnc2ncccc12. The largest absolute Gasteiger partial charge is 0.508 e. The second-order valence-corrected chi connectivity index (χ2v) is 4.23. The maximum atomic E-state index is 9.47. The van der Waals surface area contributed by atoms with E-state index in [0.717, 1.165) is 27.7 Å². The highest BCUT2D eigenvalue weighted by Gasteiger charge is 2.07. The average molecular weight is 236 g/mol. The van der Waals surface area contributed by atoms with Crippen LogP contribution < -0.4 is 0 Å². The monoisotopic (exact) mass is 236 g/mol. The summed E-state index contributed by atoms with van der Waals surface area (Å²) < 4.78 is 0. The normalized spacial score (nSPS) is 10.7. The molecule has 0 amide bonds. The van der Waals surface area contributed by atoms with Gasteiger partial charge >= 0.3 is 0 Å². The second-order valence-electron chi connectivity index (χ2n) is 4.23. The van der Waals surface area contributed by atoms with Crippen LogP contribution in [0.4, 0.5) is 0 Å². The van der Waals surface area contributed by atoms with Crippen molar-refractivity contribution >= 4 is 11.0 Å². The van der Waals surface area contributed by atoms with Crippen molar-refractivity contribution < 1.29 is 5.11 Å². The Kier molecular flexibility index (Phi) is 2.45. The van der Waals surface area contributed by atoms with Crippen LogP contribution in [0.2, 0.25) is 0 Å². The molecule has 3 nitrogen and oxygen atoms in total. The Morgan fingerprint density at radius 3 is 2.61 bits per heavy atom. The highest BCUT2D eigenvalue weighted by molar-refractivity contribution is 5.93. The van der Waals surface area contributed by atoms with Crippen LogP contribution in [0.1, 0.15) is 5.56 Å². The van der Waals surface area contributed by atoms with Crippen LogP contribution >= 0.6 is 0 Å². The predicted octanol–water partition coefficient (Wildman–Crippen LogP) is 3.31. The van der Waals surface area contributed by atoms with Crippen LogP contribution in [-0.4, -0.2) is 15.1 Å². The molecule has 2 heterocycles. The first kappa shape index (κ1) is 10.7. The molecule has 0 bridgehead atoms. The Balaban J connectivity index is 2.31. The maximum absolute atomic E-state index is 9.47. The van der Waals surface area contributed by atoms with Crippen molar-refractivity contribution in [3.8, 4) is 16.9 Å². The molecule has 88 valence electrons. The molecule has 3 aromatic rings. The van der Waals surface area contributed by atoms with Crippen LogP contribution in [0.3, 0.4) is 0 Å². The standard InChI is InChI=1S/C15H12N2O/c1-10-9-11(18)4-5-12(10)13-6-8-17-15-14(13)3-2-7-16-15/h2-9,18H,1H3. The van der Waals surface area contributed by atoms with Gasteiger partial charge in [-0.3, -0.25) is 0 Å². The third-order valence-electron chi connectivity index (χ3n) is 3.02. The minimum atomic E-state index is 0.285. The molecule has 1 aromatic carbocycles. The van der Waals surface area contributed by atoms with Crippen LogP contribution in [0.5, 0.6) is 5.75 Å². The molecule has 0 spiro atoms. The molecule has 3 heteroatoms. The minimum absolute atomic E-state index is 0.285. The van der Waals surface area contributed by atoms with Crippen molar-refractivity contribution in [3.63, 3.8) is 0 Å². The number of phenolic OH excluding ortho intramolecular Hbond substituents is 1. The second kappa shape index (κ2) is 4.11. The molecule has 3 rings (SSSR count). The van der Waals surface area contributed by atoms with E-state index in [0.29, 0.717) is 0 Å². The fourth-order valence-electron chi connectivity index (χ4n) is 2.17. The van der Waals surface area contributed by atoms with Gasteiger partial charge in [0.25, 0.3) is 0 Å². The molecule has 0 unspecified atom stereocenters. The average Bonchev–Trinajstić information content (AvgIpc) is 2.38. The maximum Gasteiger partial charge on any atom is 0.159 e. The molecule has 18 heavy (non-hydrogen) atoms. The summed E-state index contributed by atoms with van der Waals surface area (Å²) in [6.07, 6.45) is 3.50. The van der Waals surface area contributed by atoms with Gasteiger partial charge in [-0.2, -0.15) is 0 Å². The first-order valence-corrected chi connectivity index (χ1v) is 5.75. The summed E-state index contributed by atoms with van der Waals surface area (Å²) in [4.78, 5) is 8.51. The van der Waals surface area contributed by atoms with E-state index in [1.54, 1.807) is 24.5 Å². The Morgan fingerprint density at radius 2 is 1.78 bits per heavy atom. The van der Waals surface area contributed by atoms with Crippen molar-refractivity contribution in [3.05, 3.63) is 54.4 Å². The lowest BCUT2D eigenvalue weighted by atomic mass is 9.98. The number of rotatable bonds is 1. The zero-order valence-corrected chi connectivity index (χ0v) is 9.96. The molecular formula is C15H12N2O. The van der Waals surface area contributed by atoms with Gasteiger partial charge in [-0.25, -0.2) is 9.97 Å². The van der Waals surface area contributed by atoms with Gasteiger partial charge in [0.15, 0.2) is 5.65 Å². The Bertz CT molecular complexity index is 717. The van der Waals surface area contributed by atoms with E-state index in [2.05, 4.69) is 9.97 Å². The van der Waals surface area contributed by atoms with E-state index in [4.69, 9.17) is 0 Å². The van der Waals surface area contributed by atoms with Crippen molar-refractivity contribution in [2.45, 2.75) is 6.92 Å². The number of nitrogens with zero attached hydrogens (tertiary/aromatic N) is 2. The molecule has 2 aromatic heterocycles. The number of fused-ring (bicyclic) bond motifs is 1. The Labute approximate surface area is 105 Å². The number of aromatic hydroxyl groups is 1. The fraction of sp³-hybridized carbons (Fsp3) is 0.0667. The smallest absolute Gasteiger partial charge is 0.159 e. The summed E-state index contributed by atoms with van der Waals surface area (Å²) in [6.45, 7) is 1.98. The summed E-state index contributed by atoms with van der Waals surface area (Å²) in [5.41, 5.74) is 3.95. The van der Waals surface area contributed by atoms with Crippen LogP contribution in [-0.2, 0) is 0 Å². The minimum Gasteiger partial charge on any atom is -0.508 e. The fourth-order valence-corrected chi connectivity index (χ4v) is 2.17. The molecule has 1 N–H and O–H groups in total. The number of hydrogen-bond acceptors (Lipinski definition) is 3. The number of phenols is 1. The van der Waals surface area contributed by atoms with Crippen molar-refractivity contribution in [1.29, 1.82) is 0 Å². The summed E-state index contributed by atoms with van der Waals surface area (Å²) in [5.74, 6) is 0.285. The van der Waals surface area contributed by atoms with Crippen LogP contribution in [0.15, 0.2) is 48.8 Å². The van der Waals surface area contributed by atoms with E-state index in [-0.39, 0.29) is 5.75 Å². The predicted molar refractivity (Wildman–Crippen MR) is 71.4 cm³/mol. The lowest BCUT2D eigenvalue weighted by Crippen LogP contribution is -1.88. The van der Waals surface area contributed by atoms with Crippen molar-refractivity contribution in [2.24, 2.45) is 0 Å². The molecule has 0 aliphatic rings. The molecule has 0 aliphatic heterocycles. The molecule has 0 saturated carbocycles. The van der Waals surface area contributed by atoms with Crippen LogP contribution in [0, 0.1) is 6.92 Å². The number of pyridine rings is 2. The zero-order valence-electron chi connectivity index (χ0n) is 9.96. The van der Waals surface area contributed by atoms with Gasteiger partial charge in [0.05, 0.1) is 0 Å². The molecular weight excluding hydrogens is 224 g/mol. The number of hydrogen-bond donors (Lipinski definition) is 1. The van der Waals surface area contributed by atoms with E-state index in [1.165, 1.54) is 0 Å². The zero-order chi connectivity index (χ0) is 12.5. The lowest BCUT2D eigenvalue weighted by Gasteiger charge is -2.09. The molecule has 0 radical (unpaired) electrons. The summed E-state index contributed by atoms with van der Waals surface area (Å²) in [5, 5.41) is 10.5.